The van der Waals surface area contributed by atoms with Gasteiger partial charge >= 0.3 is 0 Å². The maximum atomic E-state index is 11.3. The van der Waals surface area contributed by atoms with E-state index in [9.17, 15) is 8.42 Å². The molecule has 0 radical (unpaired) electrons. The lowest BCUT2D eigenvalue weighted by Gasteiger charge is -2.39. The average molecular weight is 445 g/mol. The number of benzene rings is 1. The van der Waals surface area contributed by atoms with Gasteiger partial charge in [-0.2, -0.15) is 0 Å². The average Bonchev–Trinajstić information content (AvgIpc) is 2.60. The van der Waals surface area contributed by atoms with Crippen molar-refractivity contribution in [1.82, 2.24) is 15.1 Å². The number of hydrogen-bond acceptors (Lipinski definition) is 4. The lowest BCUT2D eigenvalue weighted by Crippen LogP contribution is -2.53. The summed E-state index contributed by atoms with van der Waals surface area (Å²) in [6, 6.07) is 8.87. The van der Waals surface area contributed by atoms with Gasteiger partial charge in [0.2, 0.25) is 0 Å². The molecule has 146 valence electrons. The second-order valence-electron chi connectivity index (χ2n) is 6.62. The van der Waals surface area contributed by atoms with Gasteiger partial charge in [0.1, 0.15) is 9.84 Å². The molecule has 2 rings (SSSR count). The molecule has 1 aromatic rings. The van der Waals surface area contributed by atoms with Crippen LogP contribution in [-0.4, -0.2) is 75.5 Å². The van der Waals surface area contributed by atoms with E-state index < -0.39 is 9.84 Å². The zero-order valence-corrected chi connectivity index (χ0v) is 18.2. The van der Waals surface area contributed by atoms with E-state index in [0.717, 1.165) is 43.2 Å². The molecule has 1 aliphatic rings. The standard InChI is InChI=1S/C18H29BrN4O2S/c1-4-20-18(21-9-14-26(3,24)25)23-12-10-22(11-13-23)15(2)16-5-7-17(19)8-6-16/h5-8,15H,4,9-14H2,1-3H3,(H,20,21). The fourth-order valence-electron chi connectivity index (χ4n) is 3.02. The summed E-state index contributed by atoms with van der Waals surface area (Å²) >= 11 is 3.48. The molecule has 1 unspecified atom stereocenters. The van der Waals surface area contributed by atoms with Gasteiger partial charge in [-0.1, -0.05) is 28.1 Å². The van der Waals surface area contributed by atoms with Crippen LogP contribution < -0.4 is 5.32 Å². The smallest absolute Gasteiger partial charge is 0.194 e. The zero-order chi connectivity index (χ0) is 19.2. The van der Waals surface area contributed by atoms with Crippen LogP contribution in [0.4, 0.5) is 0 Å². The quantitative estimate of drug-likeness (QED) is 0.537. The van der Waals surface area contributed by atoms with Gasteiger partial charge in [-0.25, -0.2) is 8.42 Å². The van der Waals surface area contributed by atoms with Gasteiger partial charge in [-0.05, 0) is 31.5 Å². The van der Waals surface area contributed by atoms with Gasteiger partial charge in [0.25, 0.3) is 0 Å². The third-order valence-corrected chi connectivity index (χ3v) is 6.03. The largest absolute Gasteiger partial charge is 0.357 e. The van der Waals surface area contributed by atoms with Crippen molar-refractivity contribution in [3.8, 4) is 0 Å². The molecule has 8 heteroatoms. The third-order valence-electron chi connectivity index (χ3n) is 4.57. The fraction of sp³-hybridized carbons (Fsp3) is 0.611. The van der Waals surface area contributed by atoms with E-state index in [4.69, 9.17) is 0 Å². The van der Waals surface area contributed by atoms with Crippen molar-refractivity contribution in [2.75, 3.05) is 51.3 Å². The van der Waals surface area contributed by atoms with E-state index in [2.05, 4.69) is 67.2 Å². The topological polar surface area (TPSA) is 65.0 Å². The number of nitrogens with one attached hydrogen (secondary N) is 1. The summed E-state index contributed by atoms with van der Waals surface area (Å²) < 4.78 is 23.7. The molecule has 1 fully saturated rings. The van der Waals surface area contributed by atoms with Crippen LogP contribution >= 0.6 is 15.9 Å². The molecular weight excluding hydrogens is 416 g/mol. The van der Waals surface area contributed by atoms with Crippen molar-refractivity contribution >= 4 is 31.7 Å². The lowest BCUT2D eigenvalue weighted by atomic mass is 10.1. The van der Waals surface area contributed by atoms with Crippen LogP contribution in [-0.2, 0) is 9.84 Å². The number of sulfone groups is 1. The highest BCUT2D eigenvalue weighted by Crippen LogP contribution is 2.23. The number of nitrogens with zero attached hydrogens (tertiary/aromatic N) is 3. The van der Waals surface area contributed by atoms with Crippen molar-refractivity contribution in [3.63, 3.8) is 0 Å². The van der Waals surface area contributed by atoms with Crippen LogP contribution in [0, 0.1) is 0 Å². The fourth-order valence-corrected chi connectivity index (χ4v) is 3.70. The van der Waals surface area contributed by atoms with E-state index in [0.29, 0.717) is 12.6 Å². The minimum absolute atomic E-state index is 0.0858. The highest BCUT2D eigenvalue weighted by molar-refractivity contribution is 9.10. The predicted octanol–water partition coefficient (Wildman–Crippen LogP) is 2.14. The molecule has 26 heavy (non-hydrogen) atoms. The number of piperazine rings is 1. The van der Waals surface area contributed by atoms with Crippen LogP contribution in [0.25, 0.3) is 0 Å². The molecule has 1 saturated heterocycles. The van der Waals surface area contributed by atoms with Crippen molar-refractivity contribution in [2.24, 2.45) is 4.99 Å². The van der Waals surface area contributed by atoms with Crippen LogP contribution in [0.5, 0.6) is 0 Å². The highest BCUT2D eigenvalue weighted by Gasteiger charge is 2.23. The van der Waals surface area contributed by atoms with Crippen LogP contribution in [0.15, 0.2) is 33.7 Å². The molecule has 1 atom stereocenters. The van der Waals surface area contributed by atoms with Crippen molar-refractivity contribution in [3.05, 3.63) is 34.3 Å². The molecule has 0 saturated carbocycles. The Labute approximate surface area is 165 Å². The summed E-state index contributed by atoms with van der Waals surface area (Å²) in [5, 5.41) is 3.28. The summed E-state index contributed by atoms with van der Waals surface area (Å²) in [5.41, 5.74) is 1.32. The van der Waals surface area contributed by atoms with Gasteiger partial charge in [-0.15, -0.1) is 0 Å². The molecular formula is C18H29BrN4O2S. The van der Waals surface area contributed by atoms with Crippen molar-refractivity contribution in [1.29, 1.82) is 0 Å². The second kappa shape index (κ2) is 9.71. The second-order valence-corrected chi connectivity index (χ2v) is 9.79. The molecule has 0 aromatic heterocycles. The van der Waals surface area contributed by atoms with Gasteiger partial charge in [-0.3, -0.25) is 9.89 Å². The summed E-state index contributed by atoms with van der Waals surface area (Å²) in [5.74, 6) is 0.898. The van der Waals surface area contributed by atoms with E-state index in [1.807, 2.05) is 6.92 Å². The Balaban J connectivity index is 1.93. The van der Waals surface area contributed by atoms with E-state index in [1.54, 1.807) is 0 Å². The predicted molar refractivity (Wildman–Crippen MR) is 111 cm³/mol. The summed E-state index contributed by atoms with van der Waals surface area (Å²) in [6.45, 7) is 9.00. The number of guanidine groups is 1. The Morgan fingerprint density at radius 2 is 1.85 bits per heavy atom. The number of halogens is 1. The van der Waals surface area contributed by atoms with Crippen LogP contribution in [0.2, 0.25) is 0 Å². The van der Waals surface area contributed by atoms with Crippen molar-refractivity contribution < 1.29 is 8.42 Å². The first-order valence-electron chi connectivity index (χ1n) is 9.00. The van der Waals surface area contributed by atoms with Crippen LogP contribution in [0.1, 0.15) is 25.5 Å². The number of rotatable bonds is 6. The molecule has 1 aromatic carbocycles. The van der Waals surface area contributed by atoms with Crippen LogP contribution in [0.3, 0.4) is 0 Å². The highest BCUT2D eigenvalue weighted by atomic mass is 79.9. The molecule has 0 amide bonds. The Bertz CT molecular complexity index is 698. The number of aliphatic imine (C=N–C) groups is 1. The maximum absolute atomic E-state index is 11.3. The monoisotopic (exact) mass is 444 g/mol. The Morgan fingerprint density at radius 3 is 2.38 bits per heavy atom. The first-order valence-corrected chi connectivity index (χ1v) is 11.9. The molecule has 0 bridgehead atoms. The first-order chi connectivity index (χ1) is 12.3. The number of hydrogen-bond donors (Lipinski definition) is 1. The minimum atomic E-state index is -2.98. The maximum Gasteiger partial charge on any atom is 0.194 e. The Kier molecular flexibility index (Phi) is 7.91. The summed E-state index contributed by atoms with van der Waals surface area (Å²) in [7, 11) is -2.98. The van der Waals surface area contributed by atoms with E-state index in [1.165, 1.54) is 11.8 Å². The normalized spacial score (nSPS) is 18.0. The van der Waals surface area contributed by atoms with Gasteiger partial charge < -0.3 is 10.2 Å². The minimum Gasteiger partial charge on any atom is -0.357 e. The zero-order valence-electron chi connectivity index (χ0n) is 15.8. The molecule has 0 aliphatic carbocycles. The first kappa shape index (κ1) is 21.2. The third kappa shape index (κ3) is 6.55. The van der Waals surface area contributed by atoms with Gasteiger partial charge in [0.05, 0.1) is 12.3 Å². The SMILES string of the molecule is CCNC(=NCCS(C)(=O)=O)N1CCN(C(C)c2ccc(Br)cc2)CC1. The van der Waals surface area contributed by atoms with Gasteiger partial charge in [0, 0.05) is 49.5 Å². The van der Waals surface area contributed by atoms with E-state index >= 15 is 0 Å². The van der Waals surface area contributed by atoms with E-state index in [-0.39, 0.29) is 5.75 Å². The Hall–Kier alpha value is -1.12. The molecule has 1 aliphatic heterocycles. The van der Waals surface area contributed by atoms with Crippen molar-refractivity contribution in [2.45, 2.75) is 19.9 Å². The Morgan fingerprint density at radius 1 is 1.23 bits per heavy atom. The molecule has 0 spiro atoms. The van der Waals surface area contributed by atoms with Gasteiger partial charge in [0.15, 0.2) is 5.96 Å². The molecule has 1 N–H and O–H groups in total. The summed E-state index contributed by atoms with van der Waals surface area (Å²) in [4.78, 5) is 9.18. The lowest BCUT2D eigenvalue weighted by molar-refractivity contribution is 0.138. The summed E-state index contributed by atoms with van der Waals surface area (Å²) in [6.07, 6.45) is 1.25. The molecule has 6 nitrogen and oxygen atoms in total. The molecule has 1 heterocycles.